The van der Waals surface area contributed by atoms with Crippen molar-refractivity contribution in [3.63, 3.8) is 0 Å². The van der Waals surface area contributed by atoms with E-state index in [2.05, 4.69) is 27.3 Å². The molecule has 2 N–H and O–H groups in total. The number of H-pyrrole nitrogens is 1. The molecule has 2 aromatic rings. The second kappa shape index (κ2) is 6.49. The molecule has 1 amide bonds. The minimum Gasteiger partial charge on any atom is -0.349 e. The number of amides is 1. The van der Waals surface area contributed by atoms with Crippen LogP contribution in [0.15, 0.2) is 23.6 Å². The predicted octanol–water partition coefficient (Wildman–Crippen LogP) is 1.82. The number of aromatic amines is 1. The van der Waals surface area contributed by atoms with Gasteiger partial charge >= 0.3 is 0 Å². The van der Waals surface area contributed by atoms with Gasteiger partial charge in [0.05, 0.1) is 10.6 Å². The normalized spacial score (nSPS) is 10.9. The number of hydrogen-bond donors (Lipinski definition) is 2. The fourth-order valence-electron chi connectivity index (χ4n) is 1.61. The SMILES string of the molecule is CCN(C)CCNC(=O)c1cc(-c2cccs2)[nH]n1. The second-order valence-electron chi connectivity index (χ2n) is 4.30. The van der Waals surface area contributed by atoms with E-state index in [9.17, 15) is 4.79 Å². The van der Waals surface area contributed by atoms with E-state index in [0.29, 0.717) is 12.2 Å². The Morgan fingerprint density at radius 1 is 1.58 bits per heavy atom. The van der Waals surface area contributed by atoms with Crippen molar-refractivity contribution in [3.8, 4) is 10.6 Å². The number of hydrogen-bond acceptors (Lipinski definition) is 4. The lowest BCUT2D eigenvalue weighted by atomic mass is 10.3. The maximum atomic E-state index is 11.9. The van der Waals surface area contributed by atoms with Crippen LogP contribution >= 0.6 is 11.3 Å². The predicted molar refractivity (Wildman–Crippen MR) is 77.4 cm³/mol. The van der Waals surface area contributed by atoms with E-state index in [0.717, 1.165) is 23.7 Å². The molecule has 0 spiro atoms. The Morgan fingerprint density at radius 3 is 3.11 bits per heavy atom. The molecule has 2 heterocycles. The Kier molecular flexibility index (Phi) is 4.70. The maximum Gasteiger partial charge on any atom is 0.271 e. The van der Waals surface area contributed by atoms with Gasteiger partial charge in [-0.05, 0) is 31.1 Å². The van der Waals surface area contributed by atoms with Crippen molar-refractivity contribution in [1.29, 1.82) is 0 Å². The van der Waals surface area contributed by atoms with Crippen molar-refractivity contribution >= 4 is 17.2 Å². The summed E-state index contributed by atoms with van der Waals surface area (Å²) < 4.78 is 0. The van der Waals surface area contributed by atoms with Gasteiger partial charge in [0.25, 0.3) is 5.91 Å². The van der Waals surface area contributed by atoms with Gasteiger partial charge in [-0.15, -0.1) is 11.3 Å². The van der Waals surface area contributed by atoms with Crippen molar-refractivity contribution in [2.45, 2.75) is 6.92 Å². The summed E-state index contributed by atoms with van der Waals surface area (Å²) in [6.07, 6.45) is 0. The lowest BCUT2D eigenvalue weighted by Gasteiger charge is -2.13. The molecule has 0 saturated heterocycles. The highest BCUT2D eigenvalue weighted by Gasteiger charge is 2.11. The van der Waals surface area contributed by atoms with Crippen molar-refractivity contribution in [2.75, 3.05) is 26.7 Å². The summed E-state index contributed by atoms with van der Waals surface area (Å²) in [5.41, 5.74) is 1.31. The molecule has 0 radical (unpaired) electrons. The molecular weight excluding hydrogens is 260 g/mol. The van der Waals surface area contributed by atoms with Gasteiger partial charge in [0, 0.05) is 13.1 Å². The van der Waals surface area contributed by atoms with Crippen LogP contribution in [0.25, 0.3) is 10.6 Å². The van der Waals surface area contributed by atoms with Gasteiger partial charge in [0.1, 0.15) is 0 Å². The minimum absolute atomic E-state index is 0.136. The first kappa shape index (κ1) is 13.8. The third-order valence-corrected chi connectivity index (χ3v) is 3.82. The molecule has 0 unspecified atom stereocenters. The van der Waals surface area contributed by atoms with Crippen molar-refractivity contribution in [3.05, 3.63) is 29.3 Å². The molecule has 0 saturated carbocycles. The monoisotopic (exact) mass is 278 g/mol. The van der Waals surface area contributed by atoms with E-state index in [4.69, 9.17) is 0 Å². The molecule has 0 bridgehead atoms. The Labute approximate surface area is 116 Å². The topological polar surface area (TPSA) is 61.0 Å². The summed E-state index contributed by atoms with van der Waals surface area (Å²) in [7, 11) is 2.02. The fourth-order valence-corrected chi connectivity index (χ4v) is 2.30. The number of likely N-dealkylation sites (N-methyl/N-ethyl adjacent to an activating group) is 1. The molecule has 0 aliphatic rings. The highest BCUT2D eigenvalue weighted by atomic mass is 32.1. The van der Waals surface area contributed by atoms with Crippen LogP contribution in [0.2, 0.25) is 0 Å². The van der Waals surface area contributed by atoms with E-state index in [1.165, 1.54) is 0 Å². The van der Waals surface area contributed by atoms with Crippen LogP contribution in [-0.2, 0) is 0 Å². The van der Waals surface area contributed by atoms with Gasteiger partial charge in [-0.2, -0.15) is 5.10 Å². The number of nitrogens with zero attached hydrogens (tertiary/aromatic N) is 2. The van der Waals surface area contributed by atoms with Crippen LogP contribution < -0.4 is 5.32 Å². The second-order valence-corrected chi connectivity index (χ2v) is 5.24. The number of rotatable bonds is 6. The van der Waals surface area contributed by atoms with Crippen molar-refractivity contribution in [2.24, 2.45) is 0 Å². The molecule has 0 aliphatic heterocycles. The molecule has 19 heavy (non-hydrogen) atoms. The van der Waals surface area contributed by atoms with Gasteiger partial charge < -0.3 is 10.2 Å². The number of nitrogens with one attached hydrogen (secondary N) is 2. The molecule has 0 fully saturated rings. The van der Waals surface area contributed by atoms with E-state index in [1.54, 1.807) is 17.4 Å². The Bertz CT molecular complexity index is 520. The highest BCUT2D eigenvalue weighted by molar-refractivity contribution is 7.13. The maximum absolute atomic E-state index is 11.9. The lowest BCUT2D eigenvalue weighted by Crippen LogP contribution is -2.33. The molecule has 6 heteroatoms. The summed E-state index contributed by atoms with van der Waals surface area (Å²) >= 11 is 1.62. The molecule has 0 atom stereocenters. The van der Waals surface area contributed by atoms with Gasteiger partial charge in [0.2, 0.25) is 0 Å². The van der Waals surface area contributed by atoms with Crippen molar-refractivity contribution < 1.29 is 4.79 Å². The van der Waals surface area contributed by atoms with Crippen LogP contribution in [0.3, 0.4) is 0 Å². The largest absolute Gasteiger partial charge is 0.349 e. The molecule has 0 aromatic carbocycles. The molecule has 0 aliphatic carbocycles. The summed E-state index contributed by atoms with van der Waals surface area (Å²) in [6, 6.07) is 5.75. The standard InChI is InChI=1S/C13H18N4OS/c1-3-17(2)7-6-14-13(18)11-9-10(15-16-11)12-5-4-8-19-12/h4-5,8-9H,3,6-7H2,1-2H3,(H,14,18)(H,15,16). The molecule has 2 rings (SSSR count). The molecule has 102 valence electrons. The zero-order valence-corrected chi connectivity index (χ0v) is 12.0. The van der Waals surface area contributed by atoms with Gasteiger partial charge in [0.15, 0.2) is 5.69 Å². The summed E-state index contributed by atoms with van der Waals surface area (Å²) in [4.78, 5) is 15.1. The Balaban J connectivity index is 1.90. The molecular formula is C13H18N4OS. The van der Waals surface area contributed by atoms with E-state index < -0.39 is 0 Å². The number of aromatic nitrogens is 2. The van der Waals surface area contributed by atoms with Gasteiger partial charge in [-0.3, -0.25) is 9.89 Å². The zero-order valence-electron chi connectivity index (χ0n) is 11.1. The lowest BCUT2D eigenvalue weighted by molar-refractivity contribution is 0.0945. The van der Waals surface area contributed by atoms with E-state index in [-0.39, 0.29) is 5.91 Å². The van der Waals surface area contributed by atoms with Gasteiger partial charge in [-0.25, -0.2) is 0 Å². The van der Waals surface area contributed by atoms with Crippen LogP contribution in [0.4, 0.5) is 0 Å². The summed E-state index contributed by atoms with van der Waals surface area (Å²) in [5.74, 6) is -0.136. The number of carbonyl (C=O) groups is 1. The zero-order chi connectivity index (χ0) is 13.7. The fraction of sp³-hybridized carbons (Fsp3) is 0.385. The summed E-state index contributed by atoms with van der Waals surface area (Å²) in [6.45, 7) is 4.53. The van der Waals surface area contributed by atoms with Crippen molar-refractivity contribution in [1.82, 2.24) is 20.4 Å². The smallest absolute Gasteiger partial charge is 0.271 e. The highest BCUT2D eigenvalue weighted by Crippen LogP contribution is 2.22. The third kappa shape index (κ3) is 3.65. The molecule has 5 nitrogen and oxygen atoms in total. The average Bonchev–Trinajstić information content (AvgIpc) is 3.08. The Hall–Kier alpha value is -1.66. The summed E-state index contributed by atoms with van der Waals surface area (Å²) in [5, 5.41) is 11.8. The first-order valence-corrected chi connectivity index (χ1v) is 7.14. The van der Waals surface area contributed by atoms with E-state index >= 15 is 0 Å². The minimum atomic E-state index is -0.136. The van der Waals surface area contributed by atoms with Crippen LogP contribution in [-0.4, -0.2) is 47.7 Å². The first-order valence-electron chi connectivity index (χ1n) is 6.26. The number of carbonyl (C=O) groups excluding carboxylic acids is 1. The van der Waals surface area contributed by atoms with Crippen LogP contribution in [0, 0.1) is 0 Å². The quantitative estimate of drug-likeness (QED) is 0.847. The Morgan fingerprint density at radius 2 is 2.42 bits per heavy atom. The van der Waals surface area contributed by atoms with E-state index in [1.807, 2.05) is 24.6 Å². The average molecular weight is 278 g/mol. The van der Waals surface area contributed by atoms with Crippen LogP contribution in [0.1, 0.15) is 17.4 Å². The third-order valence-electron chi connectivity index (χ3n) is 2.92. The van der Waals surface area contributed by atoms with Crippen LogP contribution in [0.5, 0.6) is 0 Å². The van der Waals surface area contributed by atoms with Gasteiger partial charge in [-0.1, -0.05) is 13.0 Å². The number of thiophene rings is 1. The first-order chi connectivity index (χ1) is 9.20. The molecule has 2 aromatic heterocycles.